The largest absolute Gasteiger partial charge is 0.494 e. The van der Waals surface area contributed by atoms with Gasteiger partial charge in [0.2, 0.25) is 0 Å². The van der Waals surface area contributed by atoms with E-state index in [1.54, 1.807) is 38.1 Å². The highest BCUT2D eigenvalue weighted by Gasteiger charge is 2.27. The zero-order chi connectivity index (χ0) is 25.9. The summed E-state index contributed by atoms with van der Waals surface area (Å²) < 4.78 is 23.7. The van der Waals surface area contributed by atoms with Crippen LogP contribution in [0.15, 0.2) is 46.1 Å². The van der Waals surface area contributed by atoms with Crippen LogP contribution in [0.5, 0.6) is 5.75 Å². The van der Waals surface area contributed by atoms with E-state index in [0.717, 1.165) is 0 Å². The number of hydrogen-bond donors (Lipinski definition) is 1. The van der Waals surface area contributed by atoms with Crippen molar-refractivity contribution in [3.05, 3.63) is 76.5 Å². The fourth-order valence-corrected chi connectivity index (χ4v) is 3.64. The number of aryl methyl sites for hydroxylation is 2. The number of aromatic nitrogens is 6. The molecule has 12 nitrogen and oxygen atoms in total. The standard InChI is InChI=1S/C24H21FN8O4/c1-12-27-18(9-20(28-12)23(34)26-11-14-4-5-15(25)21(8-14)35-3)19-10-22(36-33-19)16-6-7-17(31-30-16)24-29-13(2)32-37-24/h4-9,22H,10-11H2,1-3H3,(H,26,34). The molecule has 188 valence electrons. The molecule has 5 rings (SSSR count). The van der Waals surface area contributed by atoms with E-state index >= 15 is 0 Å². The van der Waals surface area contributed by atoms with Crippen molar-refractivity contribution < 1.29 is 23.3 Å². The second-order valence-electron chi connectivity index (χ2n) is 8.16. The summed E-state index contributed by atoms with van der Waals surface area (Å²) in [7, 11) is 1.38. The number of nitrogens with one attached hydrogen (secondary N) is 1. The Balaban J connectivity index is 1.25. The number of carbonyl (C=O) groups excluding carboxylic acids is 1. The minimum Gasteiger partial charge on any atom is -0.494 e. The van der Waals surface area contributed by atoms with Crippen LogP contribution in [0, 0.1) is 19.7 Å². The van der Waals surface area contributed by atoms with Gasteiger partial charge >= 0.3 is 0 Å². The van der Waals surface area contributed by atoms with Crippen LogP contribution in [-0.2, 0) is 11.4 Å². The smallest absolute Gasteiger partial charge is 0.278 e. The lowest BCUT2D eigenvalue weighted by molar-refractivity contribution is 0.0819. The number of carbonyl (C=O) groups is 1. The van der Waals surface area contributed by atoms with Gasteiger partial charge in [-0.1, -0.05) is 16.4 Å². The average molecular weight is 504 g/mol. The summed E-state index contributed by atoms with van der Waals surface area (Å²) in [6.45, 7) is 3.56. The summed E-state index contributed by atoms with van der Waals surface area (Å²) in [6.07, 6.45) is -0.0948. The first-order valence-electron chi connectivity index (χ1n) is 11.2. The summed E-state index contributed by atoms with van der Waals surface area (Å²) >= 11 is 0. The van der Waals surface area contributed by atoms with E-state index in [1.807, 2.05) is 0 Å². The number of nitrogens with zero attached hydrogens (tertiary/aromatic N) is 7. The van der Waals surface area contributed by atoms with Crippen molar-refractivity contribution >= 4 is 11.6 Å². The molecule has 1 unspecified atom stereocenters. The molecule has 13 heteroatoms. The van der Waals surface area contributed by atoms with Crippen molar-refractivity contribution in [1.82, 2.24) is 35.6 Å². The highest BCUT2D eigenvalue weighted by atomic mass is 19.1. The monoisotopic (exact) mass is 504 g/mol. The van der Waals surface area contributed by atoms with Gasteiger partial charge in [0.25, 0.3) is 11.8 Å². The molecule has 1 aliphatic heterocycles. The third-order valence-electron chi connectivity index (χ3n) is 5.47. The predicted octanol–water partition coefficient (Wildman–Crippen LogP) is 2.88. The van der Waals surface area contributed by atoms with E-state index in [-0.39, 0.29) is 23.9 Å². The van der Waals surface area contributed by atoms with Gasteiger partial charge in [0.1, 0.15) is 22.9 Å². The van der Waals surface area contributed by atoms with Crippen molar-refractivity contribution in [1.29, 1.82) is 0 Å². The van der Waals surface area contributed by atoms with Gasteiger partial charge in [-0.15, -0.1) is 5.10 Å². The Morgan fingerprint density at radius 2 is 1.95 bits per heavy atom. The van der Waals surface area contributed by atoms with Crippen LogP contribution in [0.4, 0.5) is 4.39 Å². The molecule has 0 spiro atoms. The minimum absolute atomic E-state index is 0.102. The van der Waals surface area contributed by atoms with Gasteiger partial charge in [0.15, 0.2) is 29.2 Å². The highest BCUT2D eigenvalue weighted by Crippen LogP contribution is 2.28. The molecule has 1 aromatic carbocycles. The predicted molar refractivity (Wildman–Crippen MR) is 126 cm³/mol. The van der Waals surface area contributed by atoms with Crippen LogP contribution in [0.3, 0.4) is 0 Å². The van der Waals surface area contributed by atoms with Gasteiger partial charge in [0, 0.05) is 13.0 Å². The quantitative estimate of drug-likeness (QED) is 0.398. The Morgan fingerprint density at radius 3 is 2.68 bits per heavy atom. The summed E-state index contributed by atoms with van der Waals surface area (Å²) in [4.78, 5) is 31.1. The summed E-state index contributed by atoms with van der Waals surface area (Å²) in [5.74, 6) is 0.392. The fraction of sp³-hybridized carbons (Fsp3) is 0.250. The van der Waals surface area contributed by atoms with Crippen molar-refractivity contribution in [2.75, 3.05) is 7.11 Å². The van der Waals surface area contributed by atoms with Gasteiger partial charge in [0.05, 0.1) is 12.8 Å². The normalized spacial score (nSPS) is 14.7. The molecular formula is C24H21FN8O4. The van der Waals surface area contributed by atoms with Gasteiger partial charge in [-0.25, -0.2) is 14.4 Å². The first-order valence-corrected chi connectivity index (χ1v) is 11.2. The van der Waals surface area contributed by atoms with Gasteiger partial charge in [-0.3, -0.25) is 4.79 Å². The maximum absolute atomic E-state index is 13.6. The Hall–Kier alpha value is -4.81. The number of halogens is 1. The van der Waals surface area contributed by atoms with Crippen molar-refractivity contribution in [3.63, 3.8) is 0 Å². The Labute approximate surface area is 210 Å². The minimum atomic E-state index is -0.477. The van der Waals surface area contributed by atoms with Crippen LogP contribution < -0.4 is 10.1 Å². The average Bonchev–Trinajstić information content (AvgIpc) is 3.57. The first kappa shape index (κ1) is 23.9. The number of rotatable bonds is 7. The second kappa shape index (κ2) is 10.0. The van der Waals surface area contributed by atoms with Gasteiger partial charge in [-0.2, -0.15) is 10.1 Å². The molecule has 4 heterocycles. The molecule has 37 heavy (non-hydrogen) atoms. The molecule has 0 bridgehead atoms. The lowest BCUT2D eigenvalue weighted by atomic mass is 10.1. The molecule has 4 aromatic rings. The van der Waals surface area contributed by atoms with Crippen LogP contribution in [0.25, 0.3) is 11.6 Å². The van der Waals surface area contributed by atoms with Crippen molar-refractivity contribution in [2.24, 2.45) is 5.16 Å². The van der Waals surface area contributed by atoms with Crippen LogP contribution >= 0.6 is 0 Å². The zero-order valence-electron chi connectivity index (χ0n) is 20.1. The Morgan fingerprint density at radius 1 is 1.08 bits per heavy atom. The number of ether oxygens (including phenoxy) is 1. The van der Waals surface area contributed by atoms with Crippen LogP contribution in [0.1, 0.15) is 51.6 Å². The zero-order valence-corrected chi connectivity index (χ0v) is 20.1. The van der Waals surface area contributed by atoms with E-state index in [2.05, 4.69) is 40.8 Å². The van der Waals surface area contributed by atoms with Crippen LogP contribution in [-0.4, -0.2) is 49.0 Å². The number of benzene rings is 1. The molecule has 1 aliphatic rings. The lowest BCUT2D eigenvalue weighted by Crippen LogP contribution is -2.25. The third-order valence-corrected chi connectivity index (χ3v) is 5.47. The molecule has 0 aliphatic carbocycles. The Bertz CT molecular complexity index is 1490. The molecule has 0 radical (unpaired) electrons. The SMILES string of the molecule is COc1cc(CNC(=O)c2cc(C3=NOC(c4ccc(-c5nc(C)no5)nn4)C3)nc(C)n2)ccc1F. The number of hydrogen-bond acceptors (Lipinski definition) is 11. The van der Waals surface area contributed by atoms with Gasteiger partial charge < -0.3 is 19.4 Å². The highest BCUT2D eigenvalue weighted by molar-refractivity contribution is 6.02. The molecule has 0 saturated heterocycles. The number of amides is 1. The lowest BCUT2D eigenvalue weighted by Gasteiger charge is -2.09. The maximum Gasteiger partial charge on any atom is 0.278 e. The Kier molecular flexibility index (Phi) is 6.49. The molecular weight excluding hydrogens is 483 g/mol. The molecule has 0 saturated carbocycles. The van der Waals surface area contributed by atoms with E-state index in [1.165, 1.54) is 19.2 Å². The van der Waals surface area contributed by atoms with E-state index < -0.39 is 17.8 Å². The summed E-state index contributed by atoms with van der Waals surface area (Å²) in [6, 6.07) is 9.38. The number of oxime groups is 1. The maximum atomic E-state index is 13.6. The second-order valence-corrected chi connectivity index (χ2v) is 8.16. The van der Waals surface area contributed by atoms with E-state index in [4.69, 9.17) is 14.1 Å². The molecule has 1 atom stereocenters. The van der Waals surface area contributed by atoms with Crippen LogP contribution in [0.2, 0.25) is 0 Å². The van der Waals surface area contributed by atoms with Crippen molar-refractivity contribution in [3.8, 4) is 17.3 Å². The van der Waals surface area contributed by atoms with Gasteiger partial charge in [-0.05, 0) is 49.7 Å². The van der Waals surface area contributed by atoms with E-state index in [9.17, 15) is 9.18 Å². The number of methoxy groups -OCH3 is 1. The van der Waals surface area contributed by atoms with E-state index in [0.29, 0.717) is 46.4 Å². The molecule has 1 N–H and O–H groups in total. The molecule has 0 fully saturated rings. The topological polar surface area (TPSA) is 150 Å². The fourth-order valence-electron chi connectivity index (χ4n) is 3.64. The summed E-state index contributed by atoms with van der Waals surface area (Å²) in [5.41, 5.74) is 2.87. The summed E-state index contributed by atoms with van der Waals surface area (Å²) in [5, 5.41) is 19.0. The first-order chi connectivity index (χ1) is 17.9. The third kappa shape index (κ3) is 5.24. The molecule has 3 aromatic heterocycles. The molecule has 1 amide bonds. The van der Waals surface area contributed by atoms with Crippen molar-refractivity contribution in [2.45, 2.75) is 32.9 Å².